The van der Waals surface area contributed by atoms with Gasteiger partial charge >= 0.3 is 6.02 Å². The Morgan fingerprint density at radius 1 is 1.33 bits per heavy atom. The van der Waals surface area contributed by atoms with E-state index >= 15 is 0 Å². The van der Waals surface area contributed by atoms with Crippen LogP contribution in [-0.4, -0.2) is 24.7 Å². The summed E-state index contributed by atoms with van der Waals surface area (Å²) in [6.07, 6.45) is 0. The summed E-state index contributed by atoms with van der Waals surface area (Å²) in [6, 6.07) is 7.26. The molecule has 0 fully saturated rings. The molecule has 0 saturated carbocycles. The van der Waals surface area contributed by atoms with Crippen molar-refractivity contribution in [2.24, 2.45) is 11.6 Å². The molecule has 0 amide bonds. The number of rotatable bonds is 2. The van der Waals surface area contributed by atoms with E-state index in [2.05, 4.69) is 0 Å². The van der Waals surface area contributed by atoms with Gasteiger partial charge in [0.05, 0.1) is 19.8 Å². The van der Waals surface area contributed by atoms with Gasteiger partial charge in [-0.2, -0.15) is 0 Å². The summed E-state index contributed by atoms with van der Waals surface area (Å²) in [4.78, 5) is 5.13. The molecule has 0 aliphatic rings. The highest BCUT2D eigenvalue weighted by molar-refractivity contribution is 5.70. The number of nitrogen functional groups attached to an aromatic ring is 1. The maximum absolute atomic E-state index is 5.71. The molecule has 6 N–H and O–H groups in total. The standard InChI is InChI=1S/C9H15N5O/c1-13(2)9(11)15-14(12)8-6-4-3-5-7(8)10/h3-6,11H,10,12H2,1-2H3/p+1. The molecule has 0 saturated heterocycles. The molecule has 0 aromatic heterocycles. The summed E-state index contributed by atoms with van der Waals surface area (Å²) in [7, 11) is 3.50. The minimum atomic E-state index is 0.181. The summed E-state index contributed by atoms with van der Waals surface area (Å²) in [5.41, 5.74) is 12.3. The molecule has 6 nitrogen and oxygen atoms in total. The topological polar surface area (TPSA) is 93.5 Å². The number of hydrogen-bond donors (Lipinski definition) is 3. The van der Waals surface area contributed by atoms with E-state index in [4.69, 9.17) is 22.1 Å². The number of hydrazine groups is 1. The SMILES string of the molecule is C[N+](C)=C(N)ON(N)c1ccccc1N. The van der Waals surface area contributed by atoms with Gasteiger partial charge in [-0.25, -0.2) is 10.4 Å². The van der Waals surface area contributed by atoms with Crippen molar-refractivity contribution in [3.05, 3.63) is 24.3 Å². The Morgan fingerprint density at radius 3 is 2.47 bits per heavy atom. The van der Waals surface area contributed by atoms with Crippen molar-refractivity contribution in [3.63, 3.8) is 0 Å². The molecule has 0 radical (unpaired) electrons. The molecule has 6 heteroatoms. The molecule has 1 aromatic rings. The van der Waals surface area contributed by atoms with Crippen molar-refractivity contribution in [3.8, 4) is 0 Å². The maximum atomic E-state index is 5.71. The van der Waals surface area contributed by atoms with Gasteiger partial charge in [-0.15, -0.1) is 5.17 Å². The minimum absolute atomic E-state index is 0.181. The van der Waals surface area contributed by atoms with Crippen LogP contribution in [0.1, 0.15) is 0 Å². The quantitative estimate of drug-likeness (QED) is 0.152. The number of nitrogens with two attached hydrogens (primary N) is 3. The van der Waals surface area contributed by atoms with Crippen LogP contribution >= 0.6 is 0 Å². The van der Waals surface area contributed by atoms with Crippen molar-refractivity contribution in [2.75, 3.05) is 25.0 Å². The van der Waals surface area contributed by atoms with Crippen molar-refractivity contribution < 1.29 is 9.41 Å². The highest BCUT2D eigenvalue weighted by Gasteiger charge is 2.11. The van der Waals surface area contributed by atoms with Crippen LogP contribution in [-0.2, 0) is 4.84 Å². The average Bonchev–Trinajstić information content (AvgIpc) is 2.18. The number of para-hydroxylation sites is 2. The van der Waals surface area contributed by atoms with Crippen LogP contribution in [0.25, 0.3) is 0 Å². The predicted molar refractivity (Wildman–Crippen MR) is 59.9 cm³/mol. The Bertz CT molecular complexity index is 373. The summed E-state index contributed by atoms with van der Waals surface area (Å²) >= 11 is 0. The zero-order valence-electron chi connectivity index (χ0n) is 8.84. The second kappa shape index (κ2) is 4.52. The van der Waals surface area contributed by atoms with Gasteiger partial charge in [0.1, 0.15) is 5.69 Å². The molecule has 0 spiro atoms. The van der Waals surface area contributed by atoms with E-state index in [0.29, 0.717) is 11.4 Å². The van der Waals surface area contributed by atoms with Crippen LogP contribution in [0.5, 0.6) is 0 Å². The molecule has 15 heavy (non-hydrogen) atoms. The van der Waals surface area contributed by atoms with Crippen molar-refractivity contribution in [1.82, 2.24) is 0 Å². The Balaban J connectivity index is 2.83. The number of nitrogens with zero attached hydrogens (tertiary/aromatic N) is 2. The van der Waals surface area contributed by atoms with Crippen LogP contribution in [0.3, 0.4) is 0 Å². The van der Waals surface area contributed by atoms with Crippen LogP contribution in [0.15, 0.2) is 24.3 Å². The van der Waals surface area contributed by atoms with Crippen LogP contribution in [0, 0.1) is 0 Å². The fourth-order valence-electron chi connectivity index (χ4n) is 0.920. The summed E-state index contributed by atoms with van der Waals surface area (Å²) in [5, 5.41) is 1.03. The minimum Gasteiger partial charge on any atom is -0.397 e. The zero-order valence-corrected chi connectivity index (χ0v) is 8.84. The lowest BCUT2D eigenvalue weighted by atomic mass is 10.3. The van der Waals surface area contributed by atoms with Gasteiger partial charge in [0.15, 0.2) is 0 Å². The molecule has 0 aliphatic carbocycles. The van der Waals surface area contributed by atoms with Crippen LogP contribution < -0.4 is 22.5 Å². The molecule has 0 aliphatic heterocycles. The highest BCUT2D eigenvalue weighted by Crippen LogP contribution is 2.19. The zero-order chi connectivity index (χ0) is 11.4. The molecular formula is C9H16N5O+. The Hall–Kier alpha value is -1.95. The first-order valence-electron chi connectivity index (χ1n) is 4.39. The van der Waals surface area contributed by atoms with E-state index in [0.717, 1.165) is 5.17 Å². The first-order valence-corrected chi connectivity index (χ1v) is 4.39. The van der Waals surface area contributed by atoms with Gasteiger partial charge in [0, 0.05) is 0 Å². The third-order valence-electron chi connectivity index (χ3n) is 1.81. The second-order valence-corrected chi connectivity index (χ2v) is 3.21. The van der Waals surface area contributed by atoms with Crippen molar-refractivity contribution in [1.29, 1.82) is 0 Å². The molecule has 1 rings (SSSR count). The average molecular weight is 210 g/mol. The van der Waals surface area contributed by atoms with Gasteiger partial charge in [-0.3, -0.25) is 10.6 Å². The van der Waals surface area contributed by atoms with E-state index in [-0.39, 0.29) is 6.02 Å². The third-order valence-corrected chi connectivity index (χ3v) is 1.81. The predicted octanol–water partition coefficient (Wildman–Crippen LogP) is -0.533. The number of anilines is 2. The molecular weight excluding hydrogens is 194 g/mol. The van der Waals surface area contributed by atoms with Crippen molar-refractivity contribution in [2.45, 2.75) is 0 Å². The Labute approximate surface area is 88.4 Å². The normalized spacial score (nSPS) is 9.53. The smallest absolute Gasteiger partial charge is 0.397 e. The maximum Gasteiger partial charge on any atom is 0.467 e. The lowest BCUT2D eigenvalue weighted by Gasteiger charge is -2.17. The van der Waals surface area contributed by atoms with E-state index in [1.165, 1.54) is 0 Å². The first kappa shape index (κ1) is 11.1. The highest BCUT2D eigenvalue weighted by atomic mass is 16.7. The third kappa shape index (κ3) is 2.75. The van der Waals surface area contributed by atoms with E-state index in [1.807, 2.05) is 6.07 Å². The molecule has 82 valence electrons. The lowest BCUT2D eigenvalue weighted by molar-refractivity contribution is -0.475. The molecule has 0 heterocycles. The summed E-state index contributed by atoms with van der Waals surface area (Å²) in [6.45, 7) is 0. The number of amidine groups is 1. The molecule has 0 bridgehead atoms. The Morgan fingerprint density at radius 2 is 1.93 bits per heavy atom. The van der Waals surface area contributed by atoms with Crippen LogP contribution in [0.4, 0.5) is 11.4 Å². The van der Waals surface area contributed by atoms with Gasteiger partial charge in [-0.05, 0) is 12.1 Å². The van der Waals surface area contributed by atoms with Gasteiger partial charge in [0.25, 0.3) is 0 Å². The molecule has 0 atom stereocenters. The molecule has 0 unspecified atom stereocenters. The lowest BCUT2D eigenvalue weighted by Crippen LogP contribution is -2.40. The Kier molecular flexibility index (Phi) is 3.35. The van der Waals surface area contributed by atoms with Gasteiger partial charge in [-0.1, -0.05) is 12.1 Å². The number of benzene rings is 1. The van der Waals surface area contributed by atoms with Crippen molar-refractivity contribution >= 4 is 17.4 Å². The summed E-state index contributed by atoms with van der Waals surface area (Å²) < 4.78 is 1.60. The summed E-state index contributed by atoms with van der Waals surface area (Å²) in [5.74, 6) is 5.64. The van der Waals surface area contributed by atoms with Gasteiger partial charge in [0.2, 0.25) is 0 Å². The number of hydrogen-bond acceptors (Lipinski definition) is 4. The molecule has 1 aromatic carbocycles. The second-order valence-electron chi connectivity index (χ2n) is 3.21. The largest absolute Gasteiger partial charge is 0.467 e. The van der Waals surface area contributed by atoms with E-state index in [1.54, 1.807) is 36.9 Å². The van der Waals surface area contributed by atoms with Crippen LogP contribution in [0.2, 0.25) is 0 Å². The first-order chi connectivity index (χ1) is 7.02. The van der Waals surface area contributed by atoms with E-state index < -0.39 is 0 Å². The monoisotopic (exact) mass is 210 g/mol. The van der Waals surface area contributed by atoms with E-state index in [9.17, 15) is 0 Å². The fraction of sp³-hybridized carbons (Fsp3) is 0.222. The fourth-order valence-corrected chi connectivity index (χ4v) is 0.920. The van der Waals surface area contributed by atoms with Gasteiger partial charge < -0.3 is 5.73 Å².